The molecular formula is C32H31NO6. The molecule has 1 aliphatic heterocycles. The number of ketones is 1. The lowest BCUT2D eigenvalue weighted by molar-refractivity contribution is -0.130. The van der Waals surface area contributed by atoms with Crippen LogP contribution in [0.2, 0.25) is 0 Å². The number of amides is 1. The van der Waals surface area contributed by atoms with E-state index < -0.39 is 23.5 Å². The number of hydrogen-bond acceptors (Lipinski definition) is 6. The third kappa shape index (κ3) is 5.25. The van der Waals surface area contributed by atoms with Gasteiger partial charge in [0.1, 0.15) is 5.75 Å². The molecule has 1 N–H and O–H groups in total. The van der Waals surface area contributed by atoms with Crippen LogP contribution in [0.25, 0.3) is 11.0 Å². The molecule has 0 fully saturated rings. The number of nitrogens with zero attached hydrogens (tertiary/aromatic N) is 1. The Hall–Kier alpha value is -4.52. The summed E-state index contributed by atoms with van der Waals surface area (Å²) in [6.45, 7) is 5.01. The number of para-hydroxylation sites is 1. The molecule has 200 valence electrons. The lowest BCUT2D eigenvalue weighted by atomic mass is 9.94. The number of methoxy groups -OCH3 is 1. The lowest BCUT2D eigenvalue weighted by Crippen LogP contribution is -2.30. The molecule has 1 aliphatic rings. The highest BCUT2D eigenvalue weighted by Crippen LogP contribution is 2.41. The van der Waals surface area contributed by atoms with Gasteiger partial charge in [-0.05, 0) is 47.7 Å². The summed E-state index contributed by atoms with van der Waals surface area (Å²) in [5.74, 6) is -0.140. The Bertz CT molecular complexity index is 1530. The number of carbonyl (C=O) groups excluding carboxylic acids is 2. The van der Waals surface area contributed by atoms with Gasteiger partial charge in [-0.1, -0.05) is 68.4 Å². The zero-order valence-corrected chi connectivity index (χ0v) is 22.2. The number of benzene rings is 3. The van der Waals surface area contributed by atoms with Gasteiger partial charge in [0, 0.05) is 11.9 Å². The zero-order valence-electron chi connectivity index (χ0n) is 22.2. The molecule has 1 aromatic heterocycles. The molecule has 0 saturated heterocycles. The smallest absolute Gasteiger partial charge is 0.290 e. The Labute approximate surface area is 227 Å². The van der Waals surface area contributed by atoms with Crippen molar-refractivity contribution in [2.75, 3.05) is 13.7 Å². The molecule has 4 aromatic rings. The number of furan rings is 1. The quantitative estimate of drug-likeness (QED) is 0.233. The van der Waals surface area contributed by atoms with Crippen LogP contribution in [0.3, 0.4) is 0 Å². The minimum atomic E-state index is -0.839. The monoisotopic (exact) mass is 525 g/mol. The summed E-state index contributed by atoms with van der Waals surface area (Å²) in [6, 6.07) is 22.9. The van der Waals surface area contributed by atoms with E-state index in [-0.39, 0.29) is 17.9 Å². The van der Waals surface area contributed by atoms with Crippen molar-refractivity contribution in [2.45, 2.75) is 32.9 Å². The summed E-state index contributed by atoms with van der Waals surface area (Å²) < 4.78 is 17.3. The van der Waals surface area contributed by atoms with E-state index >= 15 is 0 Å². The summed E-state index contributed by atoms with van der Waals surface area (Å²) in [5, 5.41) is 11.8. The number of carbonyl (C=O) groups is 2. The minimum absolute atomic E-state index is 0.0137. The minimum Gasteiger partial charge on any atom is -0.503 e. The van der Waals surface area contributed by atoms with Gasteiger partial charge in [0.25, 0.3) is 5.91 Å². The molecule has 0 radical (unpaired) electrons. The van der Waals surface area contributed by atoms with Crippen LogP contribution in [0.4, 0.5) is 0 Å². The lowest BCUT2D eigenvalue weighted by Gasteiger charge is -2.27. The van der Waals surface area contributed by atoms with Crippen LogP contribution in [0.5, 0.6) is 11.5 Å². The fraction of sp³-hybridized carbons (Fsp3) is 0.250. The van der Waals surface area contributed by atoms with E-state index in [2.05, 4.69) is 13.8 Å². The first kappa shape index (κ1) is 26.1. The van der Waals surface area contributed by atoms with E-state index in [4.69, 9.17) is 13.9 Å². The maximum absolute atomic E-state index is 13.9. The summed E-state index contributed by atoms with van der Waals surface area (Å²) >= 11 is 0. The van der Waals surface area contributed by atoms with Gasteiger partial charge in [-0.2, -0.15) is 0 Å². The van der Waals surface area contributed by atoms with Crippen LogP contribution in [0.15, 0.2) is 94.6 Å². The molecular weight excluding hydrogens is 494 g/mol. The summed E-state index contributed by atoms with van der Waals surface area (Å²) in [4.78, 5) is 28.9. The highest BCUT2D eigenvalue weighted by molar-refractivity contribution is 6.16. The largest absolute Gasteiger partial charge is 0.503 e. The van der Waals surface area contributed by atoms with Gasteiger partial charge >= 0.3 is 0 Å². The molecule has 7 nitrogen and oxygen atoms in total. The maximum atomic E-state index is 13.9. The average Bonchev–Trinajstić information content (AvgIpc) is 3.48. The number of ether oxygens (including phenoxy) is 2. The maximum Gasteiger partial charge on any atom is 0.290 e. The molecule has 2 heterocycles. The first-order chi connectivity index (χ1) is 18.9. The number of hydrogen-bond donors (Lipinski definition) is 1. The van der Waals surface area contributed by atoms with E-state index in [9.17, 15) is 14.7 Å². The van der Waals surface area contributed by atoms with Crippen molar-refractivity contribution >= 4 is 22.7 Å². The topological polar surface area (TPSA) is 89.2 Å². The Morgan fingerprint density at radius 2 is 1.79 bits per heavy atom. The Morgan fingerprint density at radius 1 is 1.03 bits per heavy atom. The van der Waals surface area contributed by atoms with E-state index in [0.29, 0.717) is 40.6 Å². The highest BCUT2D eigenvalue weighted by Gasteiger charge is 2.44. The number of Topliss-reactive ketones (excluding diaryl/α,β-unsaturated/α-hetero) is 1. The zero-order chi connectivity index (χ0) is 27.5. The number of aliphatic hydroxyl groups excluding tert-OH is 1. The predicted molar refractivity (Wildman–Crippen MR) is 148 cm³/mol. The molecule has 1 unspecified atom stereocenters. The third-order valence-corrected chi connectivity index (χ3v) is 6.83. The van der Waals surface area contributed by atoms with Crippen molar-refractivity contribution in [1.29, 1.82) is 0 Å². The van der Waals surface area contributed by atoms with Crippen molar-refractivity contribution in [1.82, 2.24) is 4.90 Å². The average molecular weight is 526 g/mol. The predicted octanol–water partition coefficient (Wildman–Crippen LogP) is 6.64. The first-order valence-corrected chi connectivity index (χ1v) is 13.0. The second-order valence-electron chi connectivity index (χ2n) is 10.0. The van der Waals surface area contributed by atoms with Crippen LogP contribution in [-0.2, 0) is 11.3 Å². The Kier molecular flexibility index (Phi) is 7.41. The van der Waals surface area contributed by atoms with Gasteiger partial charge in [0.05, 0.1) is 25.3 Å². The van der Waals surface area contributed by atoms with E-state index in [0.717, 1.165) is 12.0 Å². The normalized spacial score (nSPS) is 15.4. The second kappa shape index (κ2) is 11.1. The van der Waals surface area contributed by atoms with Crippen LogP contribution in [0, 0.1) is 5.92 Å². The van der Waals surface area contributed by atoms with E-state index in [1.807, 2.05) is 60.7 Å². The molecule has 0 bridgehead atoms. The van der Waals surface area contributed by atoms with Crippen molar-refractivity contribution in [3.63, 3.8) is 0 Å². The summed E-state index contributed by atoms with van der Waals surface area (Å²) in [6.07, 6.45) is 0.895. The number of fused-ring (bicyclic) bond motifs is 1. The van der Waals surface area contributed by atoms with Crippen molar-refractivity contribution in [3.05, 3.63) is 107 Å². The third-order valence-electron chi connectivity index (χ3n) is 6.83. The van der Waals surface area contributed by atoms with E-state index in [1.165, 1.54) is 12.0 Å². The fourth-order valence-electron chi connectivity index (χ4n) is 4.80. The number of aliphatic hydroxyl groups is 1. The highest BCUT2D eigenvalue weighted by atomic mass is 16.5. The van der Waals surface area contributed by atoms with Gasteiger partial charge in [0.2, 0.25) is 5.78 Å². The van der Waals surface area contributed by atoms with Crippen LogP contribution in [0.1, 0.15) is 48.0 Å². The standard InChI is InChI=1S/C32H31NO6/c1-20(2)15-16-38-24-13-7-11-22(17-24)28-27(30(35)32(36)33(28)19-21-9-5-4-6-10-21)29(34)26-18-23-12-8-14-25(37-3)31(23)39-26/h4-14,17-18,20,28,35H,15-16,19H2,1-3H3. The van der Waals surface area contributed by atoms with Gasteiger partial charge in [0.15, 0.2) is 22.9 Å². The molecule has 1 amide bonds. The molecule has 0 spiro atoms. The first-order valence-electron chi connectivity index (χ1n) is 13.0. The molecule has 5 rings (SSSR count). The molecule has 0 aliphatic carbocycles. The van der Waals surface area contributed by atoms with Crippen LogP contribution >= 0.6 is 0 Å². The van der Waals surface area contributed by atoms with E-state index in [1.54, 1.807) is 18.2 Å². The summed E-state index contributed by atoms with van der Waals surface area (Å²) in [5.41, 5.74) is 1.91. The number of rotatable bonds is 10. The van der Waals surface area contributed by atoms with Crippen molar-refractivity contribution in [3.8, 4) is 11.5 Å². The summed E-state index contributed by atoms with van der Waals surface area (Å²) in [7, 11) is 1.52. The van der Waals surface area contributed by atoms with Gasteiger partial charge in [-0.15, -0.1) is 0 Å². The second-order valence-corrected chi connectivity index (χ2v) is 10.0. The Balaban J connectivity index is 1.56. The molecule has 7 heteroatoms. The van der Waals surface area contributed by atoms with Crippen molar-refractivity contribution in [2.24, 2.45) is 5.92 Å². The molecule has 3 aromatic carbocycles. The van der Waals surface area contributed by atoms with Crippen LogP contribution < -0.4 is 9.47 Å². The van der Waals surface area contributed by atoms with Crippen molar-refractivity contribution < 1.29 is 28.6 Å². The molecule has 1 atom stereocenters. The Morgan fingerprint density at radius 3 is 2.54 bits per heavy atom. The van der Waals surface area contributed by atoms with Crippen LogP contribution in [-0.4, -0.2) is 35.4 Å². The molecule has 39 heavy (non-hydrogen) atoms. The van der Waals surface area contributed by atoms with Gasteiger partial charge in [-0.25, -0.2) is 0 Å². The molecule has 0 saturated carbocycles. The fourth-order valence-corrected chi connectivity index (χ4v) is 4.80. The SMILES string of the molecule is COc1cccc2cc(C(=O)C3=C(O)C(=O)N(Cc4ccccc4)C3c3cccc(OCCC(C)C)c3)oc12. The van der Waals surface area contributed by atoms with Gasteiger partial charge < -0.3 is 23.9 Å². The van der Waals surface area contributed by atoms with Gasteiger partial charge in [-0.3, -0.25) is 9.59 Å².